The van der Waals surface area contributed by atoms with E-state index in [-0.39, 0.29) is 46.1 Å². The first-order valence-electron chi connectivity index (χ1n) is 19.1. The summed E-state index contributed by atoms with van der Waals surface area (Å²) in [4.78, 5) is 49.4. The van der Waals surface area contributed by atoms with Gasteiger partial charge in [0.1, 0.15) is 45.3 Å². The highest BCUT2D eigenvalue weighted by Gasteiger charge is 2.36. The molecule has 10 nitrogen and oxygen atoms in total. The van der Waals surface area contributed by atoms with Crippen molar-refractivity contribution in [2.45, 2.75) is 145 Å². The van der Waals surface area contributed by atoms with E-state index in [0.29, 0.717) is 65.0 Å². The molecular weight excluding hydrogens is 676 g/mol. The van der Waals surface area contributed by atoms with Gasteiger partial charge in [0.15, 0.2) is 22.7 Å². The van der Waals surface area contributed by atoms with Crippen molar-refractivity contribution in [3.05, 3.63) is 66.4 Å². The lowest BCUT2D eigenvalue weighted by atomic mass is 9.88. The zero-order valence-corrected chi connectivity index (χ0v) is 33.3. The molecule has 2 aliphatic heterocycles. The number of carbonyl (C=O) groups excluding carboxylic acids is 2. The molecule has 0 aliphatic carbocycles. The van der Waals surface area contributed by atoms with E-state index < -0.39 is 11.3 Å². The largest absolute Gasteiger partial charge is 0.507 e. The van der Waals surface area contributed by atoms with Crippen molar-refractivity contribution >= 4 is 33.5 Å². The van der Waals surface area contributed by atoms with Crippen molar-refractivity contribution in [3.8, 4) is 23.0 Å². The quantitative estimate of drug-likeness (QED) is 0.131. The second kappa shape index (κ2) is 16.6. The van der Waals surface area contributed by atoms with Gasteiger partial charge in [-0.3, -0.25) is 9.59 Å². The number of benzene rings is 2. The summed E-state index contributed by atoms with van der Waals surface area (Å²) < 4.78 is 29.1. The molecule has 0 atom stereocenters. The topological polar surface area (TPSA) is 142 Å². The lowest BCUT2D eigenvalue weighted by molar-refractivity contribution is 0.0848. The summed E-state index contributed by atoms with van der Waals surface area (Å²) in [5, 5.41) is 12.1. The number of carbonyl (C=O) groups is 2. The molecule has 1 N–H and O–H groups in total. The van der Waals surface area contributed by atoms with Gasteiger partial charge in [0.2, 0.25) is 0 Å². The minimum atomic E-state index is -0.518. The Labute approximate surface area is 311 Å². The Morgan fingerprint density at radius 3 is 1.57 bits per heavy atom. The number of aryl methyl sites for hydroxylation is 2. The minimum absolute atomic E-state index is 0.101. The summed E-state index contributed by atoms with van der Waals surface area (Å²) in [6.07, 6.45) is 6.53. The van der Waals surface area contributed by atoms with E-state index in [1.54, 1.807) is 21.0 Å². The van der Waals surface area contributed by atoms with E-state index in [0.717, 1.165) is 54.2 Å². The van der Waals surface area contributed by atoms with Gasteiger partial charge in [-0.05, 0) is 77.3 Å². The first kappa shape index (κ1) is 41.2. The highest BCUT2D eigenvalue weighted by atomic mass is 16.5. The molecular formula is C43H56O10. The molecule has 2 aromatic heterocycles. The number of hydrogen-bond acceptors (Lipinski definition) is 10. The molecule has 4 aromatic rings. The van der Waals surface area contributed by atoms with Crippen molar-refractivity contribution in [1.29, 1.82) is 0 Å². The molecule has 0 bridgehead atoms. The minimum Gasteiger partial charge on any atom is -0.507 e. The SMILES string of the molecule is CC.CCCc1cc(=O)oc2c(C(=O)CC)c(O)c3c(c12)OC(C)(C)CC3.CCCc1cc(=O)oc2c(C(=O)CC)c(OC)c3c(c12)OC(C)(C)CC3. The number of phenols is 1. The summed E-state index contributed by atoms with van der Waals surface area (Å²) >= 11 is 0. The summed E-state index contributed by atoms with van der Waals surface area (Å²) in [7, 11) is 1.54. The second-order valence-electron chi connectivity index (χ2n) is 14.6. The van der Waals surface area contributed by atoms with Gasteiger partial charge < -0.3 is 28.2 Å². The molecule has 53 heavy (non-hydrogen) atoms. The van der Waals surface area contributed by atoms with E-state index in [4.69, 9.17) is 23.0 Å². The average Bonchev–Trinajstić information content (AvgIpc) is 3.10. The summed E-state index contributed by atoms with van der Waals surface area (Å²) in [6, 6.07) is 2.98. The van der Waals surface area contributed by atoms with Gasteiger partial charge in [-0.15, -0.1) is 0 Å². The second-order valence-corrected chi connectivity index (χ2v) is 14.6. The zero-order chi connectivity index (χ0) is 39.4. The average molecular weight is 733 g/mol. The third-order valence-electron chi connectivity index (χ3n) is 9.72. The van der Waals surface area contributed by atoms with Crippen molar-refractivity contribution < 1.29 is 37.7 Å². The lowest BCUT2D eigenvalue weighted by Crippen LogP contribution is -2.33. The molecule has 0 fully saturated rings. The normalized spacial score (nSPS) is 15.1. The number of hydrogen-bond donors (Lipinski definition) is 1. The zero-order valence-electron chi connectivity index (χ0n) is 33.3. The van der Waals surface area contributed by atoms with Crippen LogP contribution in [0.1, 0.15) is 151 Å². The molecule has 0 amide bonds. The maximum Gasteiger partial charge on any atom is 0.336 e. The summed E-state index contributed by atoms with van der Waals surface area (Å²) in [5.41, 5.74) is 2.40. The van der Waals surface area contributed by atoms with E-state index in [9.17, 15) is 24.3 Å². The summed E-state index contributed by atoms with van der Waals surface area (Å²) in [6.45, 7) is 19.7. The van der Waals surface area contributed by atoms with Gasteiger partial charge in [0, 0.05) is 36.1 Å². The Balaban J connectivity index is 0.000000226. The van der Waals surface area contributed by atoms with E-state index in [1.165, 1.54) is 12.1 Å². The smallest absolute Gasteiger partial charge is 0.336 e. The van der Waals surface area contributed by atoms with Gasteiger partial charge in [-0.1, -0.05) is 54.4 Å². The predicted octanol–water partition coefficient (Wildman–Crippen LogP) is 9.62. The Morgan fingerprint density at radius 2 is 1.13 bits per heavy atom. The Kier molecular flexibility index (Phi) is 12.9. The molecule has 0 saturated carbocycles. The highest BCUT2D eigenvalue weighted by Crippen LogP contribution is 2.49. The number of phenolic OH excluding ortho intramolecular Hbond substituents is 1. The Hall–Kier alpha value is -4.60. The van der Waals surface area contributed by atoms with Gasteiger partial charge >= 0.3 is 11.3 Å². The van der Waals surface area contributed by atoms with E-state index in [2.05, 4.69) is 6.92 Å². The Bertz CT molecular complexity index is 2130. The first-order valence-corrected chi connectivity index (χ1v) is 19.1. The van der Waals surface area contributed by atoms with E-state index >= 15 is 0 Å². The van der Waals surface area contributed by atoms with Gasteiger partial charge in [0.05, 0.1) is 17.9 Å². The standard InChI is InChI=1S/C21H26O5.C20H24O5.C2H6/c1-6-8-12-11-15(23)25-20-16(12)19-13(9-10-21(3,4)26-19)18(24-5)17(20)14(22)7-2;1-5-7-11-10-14(22)24-19-15(11)18-12(8-9-20(3,4)25-18)17(23)16(19)13(21)6-2;1-2/h11H,6-10H2,1-5H3;10,23H,5-9H2,1-4H3;1-2H3. The van der Waals surface area contributed by atoms with Crippen LogP contribution in [0.5, 0.6) is 23.0 Å². The molecule has 6 rings (SSSR count). The van der Waals surface area contributed by atoms with Gasteiger partial charge in [-0.2, -0.15) is 0 Å². The monoisotopic (exact) mass is 732 g/mol. The molecule has 0 spiro atoms. The van der Waals surface area contributed by atoms with Crippen molar-refractivity contribution in [3.63, 3.8) is 0 Å². The number of ketones is 2. The third kappa shape index (κ3) is 8.16. The van der Waals surface area contributed by atoms with Crippen LogP contribution in [0.25, 0.3) is 21.9 Å². The molecule has 288 valence electrons. The maximum atomic E-state index is 12.7. The fourth-order valence-electron chi connectivity index (χ4n) is 7.17. The molecule has 0 unspecified atom stereocenters. The molecule has 0 saturated heterocycles. The van der Waals surface area contributed by atoms with Crippen LogP contribution in [0.3, 0.4) is 0 Å². The molecule has 2 aliphatic rings. The van der Waals surface area contributed by atoms with Crippen LogP contribution in [0, 0.1) is 0 Å². The van der Waals surface area contributed by atoms with Crippen LogP contribution in [0.4, 0.5) is 0 Å². The number of methoxy groups -OCH3 is 1. The highest BCUT2D eigenvalue weighted by molar-refractivity contribution is 6.12. The third-order valence-corrected chi connectivity index (χ3v) is 9.72. The van der Waals surface area contributed by atoms with Crippen LogP contribution in [0.2, 0.25) is 0 Å². The molecule has 10 heteroatoms. The van der Waals surface area contributed by atoms with Crippen LogP contribution in [0.15, 0.2) is 30.6 Å². The Morgan fingerprint density at radius 1 is 0.717 bits per heavy atom. The van der Waals surface area contributed by atoms with Crippen LogP contribution in [-0.4, -0.2) is 35.0 Å². The van der Waals surface area contributed by atoms with Crippen LogP contribution < -0.4 is 25.5 Å². The molecule has 0 radical (unpaired) electrons. The number of rotatable bonds is 9. The van der Waals surface area contributed by atoms with Gasteiger partial charge in [-0.25, -0.2) is 9.59 Å². The number of fused-ring (bicyclic) bond motifs is 6. The number of aromatic hydroxyl groups is 1. The van der Waals surface area contributed by atoms with Crippen molar-refractivity contribution in [2.75, 3.05) is 7.11 Å². The maximum absolute atomic E-state index is 12.7. The van der Waals surface area contributed by atoms with Gasteiger partial charge in [0.25, 0.3) is 0 Å². The lowest BCUT2D eigenvalue weighted by Gasteiger charge is -2.35. The van der Waals surface area contributed by atoms with Crippen LogP contribution >= 0.6 is 0 Å². The van der Waals surface area contributed by atoms with Crippen molar-refractivity contribution in [1.82, 2.24) is 0 Å². The first-order chi connectivity index (χ1) is 25.1. The fourth-order valence-corrected chi connectivity index (χ4v) is 7.17. The van der Waals surface area contributed by atoms with Crippen molar-refractivity contribution in [2.24, 2.45) is 0 Å². The number of ether oxygens (including phenoxy) is 3. The summed E-state index contributed by atoms with van der Waals surface area (Å²) in [5.74, 6) is 1.26. The molecule has 2 aromatic carbocycles. The predicted molar refractivity (Wildman–Crippen MR) is 208 cm³/mol. The molecule has 4 heterocycles. The number of Topliss-reactive ketones (excluding diaryl/α,β-unsaturated/α-hetero) is 2. The van der Waals surface area contributed by atoms with Crippen LogP contribution in [-0.2, 0) is 25.7 Å². The van der Waals surface area contributed by atoms with E-state index in [1.807, 2.05) is 48.5 Å². The fraction of sp³-hybridized carbons (Fsp3) is 0.535.